The maximum absolute atomic E-state index is 5.01. The third-order valence-electron chi connectivity index (χ3n) is 1.70. The predicted octanol–water partition coefficient (Wildman–Crippen LogP) is 1.14. The molecule has 1 rings (SSSR count). The van der Waals surface area contributed by atoms with E-state index >= 15 is 0 Å². The average Bonchev–Trinajstić information content (AvgIpc) is 2.05. The standard InChI is InChI=1S/C8H14N2O/c1-6(2)7-4-9-5-8(10-7)11-3/h4,6-7H,5H2,1-3H3. The van der Waals surface area contributed by atoms with Crippen LogP contribution in [0, 0.1) is 5.92 Å². The van der Waals surface area contributed by atoms with Crippen molar-refractivity contribution in [3.63, 3.8) is 0 Å². The molecule has 1 atom stereocenters. The van der Waals surface area contributed by atoms with Crippen molar-refractivity contribution in [3.05, 3.63) is 0 Å². The fourth-order valence-electron chi connectivity index (χ4n) is 0.918. The Labute approximate surface area is 67.2 Å². The van der Waals surface area contributed by atoms with E-state index in [-0.39, 0.29) is 6.04 Å². The summed E-state index contributed by atoms with van der Waals surface area (Å²) in [5.74, 6) is 1.25. The summed E-state index contributed by atoms with van der Waals surface area (Å²) in [5.41, 5.74) is 0. The van der Waals surface area contributed by atoms with Crippen LogP contribution < -0.4 is 0 Å². The first-order valence-corrected chi connectivity index (χ1v) is 3.84. The van der Waals surface area contributed by atoms with Gasteiger partial charge in [0.15, 0.2) is 0 Å². The van der Waals surface area contributed by atoms with Crippen LogP contribution in [0.25, 0.3) is 0 Å². The number of aliphatic imine (C=N–C) groups is 2. The Morgan fingerprint density at radius 3 is 2.91 bits per heavy atom. The number of ether oxygens (including phenoxy) is 1. The molecule has 1 aliphatic rings. The molecule has 0 amide bonds. The minimum Gasteiger partial charge on any atom is -0.483 e. The average molecular weight is 154 g/mol. The highest BCUT2D eigenvalue weighted by atomic mass is 16.5. The summed E-state index contributed by atoms with van der Waals surface area (Å²) in [6.07, 6.45) is 1.90. The van der Waals surface area contributed by atoms with E-state index in [1.54, 1.807) is 7.11 Å². The van der Waals surface area contributed by atoms with Crippen LogP contribution in [0.1, 0.15) is 13.8 Å². The van der Waals surface area contributed by atoms with E-state index < -0.39 is 0 Å². The summed E-state index contributed by atoms with van der Waals surface area (Å²) in [6, 6.07) is 0.207. The Hall–Kier alpha value is -0.860. The van der Waals surface area contributed by atoms with E-state index in [0.29, 0.717) is 12.5 Å². The highest BCUT2D eigenvalue weighted by Gasteiger charge is 2.13. The third kappa shape index (κ3) is 2.03. The Morgan fingerprint density at radius 1 is 1.64 bits per heavy atom. The Kier molecular flexibility index (Phi) is 2.63. The van der Waals surface area contributed by atoms with Crippen LogP contribution in [0.3, 0.4) is 0 Å². The van der Waals surface area contributed by atoms with Crippen molar-refractivity contribution >= 4 is 12.1 Å². The Bertz CT molecular complexity index is 185. The molecule has 62 valence electrons. The van der Waals surface area contributed by atoms with Crippen LogP contribution >= 0.6 is 0 Å². The van der Waals surface area contributed by atoms with E-state index in [9.17, 15) is 0 Å². The molecule has 0 saturated carbocycles. The van der Waals surface area contributed by atoms with Gasteiger partial charge >= 0.3 is 0 Å². The fraction of sp³-hybridized carbons (Fsp3) is 0.750. The van der Waals surface area contributed by atoms with Gasteiger partial charge in [0.2, 0.25) is 5.90 Å². The first-order chi connectivity index (χ1) is 5.24. The van der Waals surface area contributed by atoms with E-state index in [4.69, 9.17) is 4.74 Å². The summed E-state index contributed by atoms with van der Waals surface area (Å²) in [5, 5.41) is 0. The molecule has 0 fully saturated rings. The van der Waals surface area contributed by atoms with Crippen molar-refractivity contribution < 1.29 is 4.74 Å². The molecular weight excluding hydrogens is 140 g/mol. The number of methoxy groups -OCH3 is 1. The van der Waals surface area contributed by atoms with Crippen LogP contribution in [-0.2, 0) is 4.74 Å². The number of nitrogens with zero attached hydrogens (tertiary/aromatic N) is 2. The van der Waals surface area contributed by atoms with Crippen molar-refractivity contribution in [2.24, 2.45) is 15.9 Å². The van der Waals surface area contributed by atoms with Gasteiger partial charge in [-0.1, -0.05) is 13.8 Å². The minimum atomic E-state index is 0.207. The van der Waals surface area contributed by atoms with E-state index in [1.165, 1.54) is 0 Å². The highest BCUT2D eigenvalue weighted by Crippen LogP contribution is 2.07. The van der Waals surface area contributed by atoms with Gasteiger partial charge in [-0.2, -0.15) is 0 Å². The lowest BCUT2D eigenvalue weighted by Crippen LogP contribution is -2.23. The maximum Gasteiger partial charge on any atom is 0.205 e. The molecule has 0 aromatic heterocycles. The van der Waals surface area contributed by atoms with Crippen LogP contribution in [0.15, 0.2) is 9.98 Å². The summed E-state index contributed by atoms with van der Waals surface area (Å²) in [6.45, 7) is 4.84. The molecule has 0 N–H and O–H groups in total. The largest absolute Gasteiger partial charge is 0.483 e. The monoisotopic (exact) mass is 154 g/mol. The topological polar surface area (TPSA) is 34.0 Å². The zero-order chi connectivity index (χ0) is 8.27. The summed E-state index contributed by atoms with van der Waals surface area (Å²) < 4.78 is 5.01. The summed E-state index contributed by atoms with van der Waals surface area (Å²) in [4.78, 5) is 8.50. The van der Waals surface area contributed by atoms with Crippen LogP contribution in [-0.4, -0.2) is 31.8 Å². The number of rotatable bonds is 1. The van der Waals surface area contributed by atoms with Crippen molar-refractivity contribution in [1.29, 1.82) is 0 Å². The number of hydrogen-bond donors (Lipinski definition) is 0. The van der Waals surface area contributed by atoms with Gasteiger partial charge in [0.25, 0.3) is 0 Å². The number of hydrogen-bond acceptors (Lipinski definition) is 3. The molecule has 0 bridgehead atoms. The predicted molar refractivity (Wildman–Crippen MR) is 46.4 cm³/mol. The van der Waals surface area contributed by atoms with Crippen molar-refractivity contribution in [2.45, 2.75) is 19.9 Å². The lowest BCUT2D eigenvalue weighted by molar-refractivity contribution is 0.387. The van der Waals surface area contributed by atoms with Crippen molar-refractivity contribution in [2.75, 3.05) is 13.7 Å². The lowest BCUT2D eigenvalue weighted by atomic mass is 10.1. The molecule has 0 saturated heterocycles. The van der Waals surface area contributed by atoms with Gasteiger partial charge in [-0.3, -0.25) is 4.99 Å². The fourth-order valence-corrected chi connectivity index (χ4v) is 0.918. The lowest BCUT2D eigenvalue weighted by Gasteiger charge is -2.16. The molecule has 0 aromatic rings. The van der Waals surface area contributed by atoms with Crippen LogP contribution in [0.4, 0.5) is 0 Å². The van der Waals surface area contributed by atoms with Gasteiger partial charge in [0.05, 0.1) is 13.2 Å². The SMILES string of the molecule is COC1=NC(C(C)C)C=NC1. The molecule has 1 unspecified atom stereocenters. The second kappa shape index (κ2) is 3.51. The molecule has 0 spiro atoms. The molecule has 0 aromatic carbocycles. The van der Waals surface area contributed by atoms with Gasteiger partial charge in [-0.05, 0) is 5.92 Å². The Balaban J connectivity index is 2.61. The van der Waals surface area contributed by atoms with Crippen molar-refractivity contribution in [3.8, 4) is 0 Å². The molecule has 0 radical (unpaired) electrons. The quantitative estimate of drug-likeness (QED) is 0.557. The second-order valence-corrected chi connectivity index (χ2v) is 2.95. The van der Waals surface area contributed by atoms with Gasteiger partial charge in [0, 0.05) is 6.21 Å². The smallest absolute Gasteiger partial charge is 0.205 e. The minimum absolute atomic E-state index is 0.207. The van der Waals surface area contributed by atoms with E-state index in [2.05, 4.69) is 23.8 Å². The molecule has 3 nitrogen and oxygen atoms in total. The first-order valence-electron chi connectivity index (χ1n) is 3.84. The molecular formula is C8H14N2O. The van der Waals surface area contributed by atoms with E-state index in [1.807, 2.05) is 6.21 Å². The van der Waals surface area contributed by atoms with Crippen LogP contribution in [0.5, 0.6) is 0 Å². The third-order valence-corrected chi connectivity index (χ3v) is 1.70. The van der Waals surface area contributed by atoms with Gasteiger partial charge < -0.3 is 4.74 Å². The second-order valence-electron chi connectivity index (χ2n) is 2.95. The zero-order valence-corrected chi connectivity index (χ0v) is 7.24. The zero-order valence-electron chi connectivity index (χ0n) is 7.24. The van der Waals surface area contributed by atoms with Gasteiger partial charge in [-0.15, -0.1) is 0 Å². The first kappa shape index (κ1) is 8.24. The molecule has 1 heterocycles. The van der Waals surface area contributed by atoms with E-state index in [0.717, 1.165) is 5.90 Å². The van der Waals surface area contributed by atoms with Gasteiger partial charge in [-0.25, -0.2) is 4.99 Å². The highest BCUT2D eigenvalue weighted by molar-refractivity contribution is 5.85. The van der Waals surface area contributed by atoms with Crippen LogP contribution in [0.2, 0.25) is 0 Å². The van der Waals surface area contributed by atoms with Crippen molar-refractivity contribution in [1.82, 2.24) is 0 Å². The Morgan fingerprint density at radius 2 is 2.36 bits per heavy atom. The molecule has 0 aliphatic carbocycles. The van der Waals surface area contributed by atoms with Gasteiger partial charge in [0.1, 0.15) is 6.54 Å². The summed E-state index contributed by atoms with van der Waals surface area (Å²) in [7, 11) is 1.64. The molecule has 3 heteroatoms. The molecule has 11 heavy (non-hydrogen) atoms. The summed E-state index contributed by atoms with van der Waals surface area (Å²) >= 11 is 0. The maximum atomic E-state index is 5.01. The molecule has 1 aliphatic heterocycles. The normalized spacial score (nSPS) is 23.6.